The summed E-state index contributed by atoms with van der Waals surface area (Å²) < 4.78 is 0. The zero-order chi connectivity index (χ0) is 10.6. The Kier molecular flexibility index (Phi) is 3.41. The predicted octanol–water partition coefficient (Wildman–Crippen LogP) is -0.359. The molecule has 76 valence electrons. The van der Waals surface area contributed by atoms with Crippen LogP contribution in [0.1, 0.15) is 16.1 Å². The maximum Gasteiger partial charge on any atom is 0.305 e. The van der Waals surface area contributed by atoms with Gasteiger partial charge in [0.15, 0.2) is 0 Å². The minimum absolute atomic E-state index is 0.0558. The summed E-state index contributed by atoms with van der Waals surface area (Å²) >= 11 is 0.784. The smallest absolute Gasteiger partial charge is 0.305 e. The van der Waals surface area contributed by atoms with Crippen molar-refractivity contribution in [3.8, 4) is 0 Å². The van der Waals surface area contributed by atoms with Gasteiger partial charge in [-0.1, -0.05) is 11.3 Å². The van der Waals surface area contributed by atoms with Gasteiger partial charge in [-0.2, -0.15) is 0 Å². The topological polar surface area (TPSA) is 99.3 Å². The average Bonchev–Trinajstić information content (AvgIpc) is 2.51. The highest BCUT2D eigenvalue weighted by Crippen LogP contribution is 1.99. The van der Waals surface area contributed by atoms with Crippen molar-refractivity contribution >= 4 is 23.2 Å². The molecule has 0 spiro atoms. The number of H-pyrrole nitrogens is 1. The number of carbonyl (C=O) groups excluding carboxylic acids is 1. The van der Waals surface area contributed by atoms with E-state index in [-0.39, 0.29) is 22.7 Å². The lowest BCUT2D eigenvalue weighted by atomic mass is 10.4. The van der Waals surface area contributed by atoms with E-state index in [0.717, 1.165) is 11.3 Å². The number of thiazole rings is 1. The molecular formula is C7H8N2O4S. The van der Waals surface area contributed by atoms with Crippen LogP contribution in [0.3, 0.4) is 0 Å². The van der Waals surface area contributed by atoms with Crippen molar-refractivity contribution in [1.82, 2.24) is 10.3 Å². The molecule has 1 heterocycles. The second-order valence-corrected chi connectivity index (χ2v) is 3.46. The lowest BCUT2D eigenvalue weighted by Gasteiger charge is -1.99. The fraction of sp³-hybridized carbons (Fsp3) is 0.286. The molecule has 14 heavy (non-hydrogen) atoms. The molecule has 0 aliphatic carbocycles. The lowest BCUT2D eigenvalue weighted by molar-refractivity contribution is -0.136. The summed E-state index contributed by atoms with van der Waals surface area (Å²) in [6, 6.07) is 0. The maximum absolute atomic E-state index is 11.2. The Balaban J connectivity index is 2.43. The summed E-state index contributed by atoms with van der Waals surface area (Å²) in [7, 11) is 0. The van der Waals surface area contributed by atoms with E-state index >= 15 is 0 Å². The summed E-state index contributed by atoms with van der Waals surface area (Å²) in [4.78, 5) is 34.2. The van der Waals surface area contributed by atoms with Crippen LogP contribution in [0.5, 0.6) is 0 Å². The summed E-state index contributed by atoms with van der Waals surface area (Å²) in [5, 5.41) is 10.7. The molecule has 0 bridgehead atoms. The van der Waals surface area contributed by atoms with Crippen LogP contribution in [-0.4, -0.2) is 28.5 Å². The molecule has 7 heteroatoms. The second-order valence-electron chi connectivity index (χ2n) is 2.44. The Morgan fingerprint density at radius 1 is 1.57 bits per heavy atom. The summed E-state index contributed by atoms with van der Waals surface area (Å²) in [6.45, 7) is 0.0558. The van der Waals surface area contributed by atoms with Gasteiger partial charge in [-0.3, -0.25) is 14.4 Å². The zero-order valence-corrected chi connectivity index (χ0v) is 7.89. The van der Waals surface area contributed by atoms with Crippen LogP contribution < -0.4 is 10.2 Å². The molecule has 1 amide bonds. The molecular weight excluding hydrogens is 208 g/mol. The van der Waals surface area contributed by atoms with Crippen LogP contribution in [0.15, 0.2) is 11.0 Å². The SMILES string of the molecule is O=C(O)CCNC(=O)c1c[nH]c(=O)s1. The number of amides is 1. The number of nitrogens with one attached hydrogen (secondary N) is 2. The van der Waals surface area contributed by atoms with Gasteiger partial charge in [0.05, 0.1) is 6.42 Å². The number of rotatable bonds is 4. The molecule has 0 fully saturated rings. The Bertz CT molecular complexity index is 394. The summed E-state index contributed by atoms with van der Waals surface area (Å²) in [5.74, 6) is -1.41. The highest BCUT2D eigenvalue weighted by atomic mass is 32.1. The van der Waals surface area contributed by atoms with Crippen molar-refractivity contribution in [3.05, 3.63) is 20.7 Å². The Morgan fingerprint density at radius 3 is 2.79 bits per heavy atom. The second kappa shape index (κ2) is 4.56. The Morgan fingerprint density at radius 2 is 2.29 bits per heavy atom. The van der Waals surface area contributed by atoms with Crippen molar-refractivity contribution in [2.75, 3.05) is 6.54 Å². The van der Waals surface area contributed by atoms with Crippen molar-refractivity contribution in [3.63, 3.8) is 0 Å². The van der Waals surface area contributed by atoms with Gasteiger partial charge in [-0.05, 0) is 0 Å². The first kappa shape index (κ1) is 10.5. The molecule has 0 aliphatic heterocycles. The van der Waals surface area contributed by atoms with Gasteiger partial charge in [0.1, 0.15) is 4.88 Å². The summed E-state index contributed by atoms with van der Waals surface area (Å²) in [5.41, 5.74) is 0. The first-order valence-corrected chi connectivity index (χ1v) is 4.60. The van der Waals surface area contributed by atoms with Gasteiger partial charge in [0, 0.05) is 12.7 Å². The first-order chi connectivity index (χ1) is 6.59. The minimum atomic E-state index is -0.979. The van der Waals surface area contributed by atoms with Crippen LogP contribution in [-0.2, 0) is 4.79 Å². The van der Waals surface area contributed by atoms with E-state index in [2.05, 4.69) is 10.3 Å². The van der Waals surface area contributed by atoms with Crippen molar-refractivity contribution in [1.29, 1.82) is 0 Å². The van der Waals surface area contributed by atoms with E-state index in [1.165, 1.54) is 6.20 Å². The Labute approximate surface area is 82.6 Å². The fourth-order valence-corrected chi connectivity index (χ4v) is 1.37. The van der Waals surface area contributed by atoms with E-state index in [1.54, 1.807) is 0 Å². The fourth-order valence-electron chi connectivity index (χ4n) is 0.765. The Hall–Kier alpha value is -1.63. The third-order valence-electron chi connectivity index (χ3n) is 1.37. The molecule has 0 unspecified atom stereocenters. The van der Waals surface area contributed by atoms with Crippen molar-refractivity contribution in [2.45, 2.75) is 6.42 Å². The number of aliphatic carboxylic acids is 1. The number of aromatic amines is 1. The molecule has 1 aromatic heterocycles. The number of carboxylic acid groups (broad SMARTS) is 1. The highest BCUT2D eigenvalue weighted by Gasteiger charge is 2.08. The monoisotopic (exact) mass is 216 g/mol. The van der Waals surface area contributed by atoms with Gasteiger partial charge >= 0.3 is 10.8 Å². The van der Waals surface area contributed by atoms with E-state index in [0.29, 0.717) is 0 Å². The average molecular weight is 216 g/mol. The van der Waals surface area contributed by atoms with E-state index in [1.807, 2.05) is 0 Å². The normalized spacial score (nSPS) is 9.71. The number of aromatic nitrogens is 1. The van der Waals surface area contributed by atoms with E-state index in [4.69, 9.17) is 5.11 Å². The summed E-state index contributed by atoms with van der Waals surface area (Å²) in [6.07, 6.45) is 1.16. The third-order valence-corrected chi connectivity index (χ3v) is 2.20. The molecule has 0 atom stereocenters. The standard InChI is InChI=1S/C7H8N2O4S/c10-5(11)1-2-8-6(12)4-3-9-7(13)14-4/h3H,1-2H2,(H,8,12)(H,9,13)(H,10,11). The zero-order valence-electron chi connectivity index (χ0n) is 7.07. The van der Waals surface area contributed by atoms with Crippen LogP contribution in [0.25, 0.3) is 0 Å². The molecule has 1 rings (SSSR count). The van der Waals surface area contributed by atoms with Crippen molar-refractivity contribution in [2.24, 2.45) is 0 Å². The first-order valence-electron chi connectivity index (χ1n) is 3.78. The number of hydrogen-bond donors (Lipinski definition) is 3. The number of carboxylic acids is 1. The van der Waals surface area contributed by atoms with E-state index in [9.17, 15) is 14.4 Å². The molecule has 3 N–H and O–H groups in total. The minimum Gasteiger partial charge on any atom is -0.481 e. The molecule has 6 nitrogen and oxygen atoms in total. The molecule has 0 aromatic carbocycles. The van der Waals surface area contributed by atoms with Crippen LogP contribution in [0.2, 0.25) is 0 Å². The number of carbonyl (C=O) groups is 2. The predicted molar refractivity (Wildman–Crippen MR) is 49.5 cm³/mol. The van der Waals surface area contributed by atoms with Gasteiger partial charge in [0.25, 0.3) is 5.91 Å². The van der Waals surface area contributed by atoms with Gasteiger partial charge in [-0.25, -0.2) is 0 Å². The largest absolute Gasteiger partial charge is 0.481 e. The van der Waals surface area contributed by atoms with Crippen LogP contribution in [0, 0.1) is 0 Å². The van der Waals surface area contributed by atoms with Crippen LogP contribution in [0.4, 0.5) is 0 Å². The lowest BCUT2D eigenvalue weighted by Crippen LogP contribution is -2.25. The number of hydrogen-bond acceptors (Lipinski definition) is 4. The van der Waals surface area contributed by atoms with Crippen LogP contribution >= 0.6 is 11.3 Å². The molecule has 0 aliphatic rings. The quantitative estimate of drug-likeness (QED) is 0.640. The molecule has 1 aromatic rings. The molecule has 0 radical (unpaired) electrons. The van der Waals surface area contributed by atoms with Crippen molar-refractivity contribution < 1.29 is 14.7 Å². The maximum atomic E-state index is 11.2. The molecule has 0 saturated heterocycles. The van der Waals surface area contributed by atoms with Gasteiger partial charge < -0.3 is 15.4 Å². The molecule has 0 saturated carbocycles. The van der Waals surface area contributed by atoms with E-state index < -0.39 is 11.9 Å². The van der Waals surface area contributed by atoms with Gasteiger partial charge in [-0.15, -0.1) is 0 Å². The third kappa shape index (κ3) is 3.02. The highest BCUT2D eigenvalue weighted by molar-refractivity contribution is 7.11. The van der Waals surface area contributed by atoms with Gasteiger partial charge in [0.2, 0.25) is 0 Å².